The van der Waals surface area contributed by atoms with Crippen LogP contribution >= 0.6 is 11.6 Å². The molecule has 0 radical (unpaired) electrons. The Morgan fingerprint density at radius 2 is 1.94 bits per heavy atom. The standard InChI is InChI=1S/C11H7ClF3NO/c12-6-7-5-10(17-16-7)8-3-1-2-4-9(8)11(13,14)15/h1-5H,6H2. The largest absolute Gasteiger partial charge is 0.417 e. The van der Waals surface area contributed by atoms with Crippen molar-refractivity contribution in [1.29, 1.82) is 0 Å². The van der Waals surface area contributed by atoms with E-state index in [4.69, 9.17) is 16.1 Å². The molecule has 0 aliphatic heterocycles. The molecule has 0 N–H and O–H groups in total. The van der Waals surface area contributed by atoms with Crippen molar-refractivity contribution in [3.8, 4) is 11.3 Å². The van der Waals surface area contributed by atoms with Crippen LogP contribution in [0.2, 0.25) is 0 Å². The Morgan fingerprint density at radius 3 is 2.53 bits per heavy atom. The highest BCUT2D eigenvalue weighted by atomic mass is 35.5. The first-order valence-electron chi connectivity index (χ1n) is 4.70. The molecular formula is C11H7ClF3NO. The molecule has 17 heavy (non-hydrogen) atoms. The van der Waals surface area contributed by atoms with Crippen molar-refractivity contribution in [2.45, 2.75) is 12.1 Å². The normalized spacial score (nSPS) is 11.8. The van der Waals surface area contributed by atoms with Crippen LogP contribution in [-0.2, 0) is 12.1 Å². The van der Waals surface area contributed by atoms with Gasteiger partial charge in [-0.05, 0) is 6.07 Å². The Morgan fingerprint density at radius 1 is 1.24 bits per heavy atom. The fourth-order valence-electron chi connectivity index (χ4n) is 1.45. The topological polar surface area (TPSA) is 26.0 Å². The molecule has 0 atom stereocenters. The van der Waals surface area contributed by atoms with Gasteiger partial charge < -0.3 is 4.52 Å². The van der Waals surface area contributed by atoms with Crippen LogP contribution in [0.15, 0.2) is 34.9 Å². The Bertz CT molecular complexity index is 521. The molecule has 1 aromatic heterocycles. The molecule has 1 aromatic carbocycles. The summed E-state index contributed by atoms with van der Waals surface area (Å²) in [5.74, 6) is 0.158. The average Bonchev–Trinajstić information content (AvgIpc) is 2.76. The van der Waals surface area contributed by atoms with Crippen molar-refractivity contribution in [3.63, 3.8) is 0 Å². The molecular weight excluding hydrogens is 255 g/mol. The smallest absolute Gasteiger partial charge is 0.356 e. The molecule has 6 heteroatoms. The summed E-state index contributed by atoms with van der Waals surface area (Å²) in [6.45, 7) is 0. The van der Waals surface area contributed by atoms with E-state index in [1.165, 1.54) is 24.3 Å². The Kier molecular flexibility index (Phi) is 3.11. The maximum Gasteiger partial charge on any atom is 0.417 e. The summed E-state index contributed by atoms with van der Waals surface area (Å²) in [5, 5.41) is 3.56. The molecule has 2 aromatic rings. The minimum Gasteiger partial charge on any atom is -0.356 e. The zero-order valence-corrected chi connectivity index (χ0v) is 9.22. The van der Waals surface area contributed by atoms with E-state index in [1.54, 1.807) is 0 Å². The second kappa shape index (κ2) is 4.41. The number of halogens is 4. The third-order valence-electron chi connectivity index (χ3n) is 2.19. The third-order valence-corrected chi connectivity index (χ3v) is 2.47. The minimum atomic E-state index is -4.43. The van der Waals surface area contributed by atoms with Crippen LogP contribution in [-0.4, -0.2) is 5.16 Å². The van der Waals surface area contributed by atoms with Crippen molar-refractivity contribution in [2.24, 2.45) is 0 Å². The van der Waals surface area contributed by atoms with Crippen LogP contribution < -0.4 is 0 Å². The fraction of sp³-hybridized carbons (Fsp3) is 0.182. The monoisotopic (exact) mass is 261 g/mol. The van der Waals surface area contributed by atoms with Gasteiger partial charge in [-0.2, -0.15) is 13.2 Å². The quantitative estimate of drug-likeness (QED) is 0.761. The zero-order chi connectivity index (χ0) is 12.5. The number of hydrogen-bond donors (Lipinski definition) is 0. The van der Waals surface area contributed by atoms with E-state index < -0.39 is 11.7 Å². The number of aromatic nitrogens is 1. The summed E-state index contributed by atoms with van der Waals surface area (Å²) >= 11 is 5.51. The predicted octanol–water partition coefficient (Wildman–Crippen LogP) is 4.10. The molecule has 2 nitrogen and oxygen atoms in total. The summed E-state index contributed by atoms with van der Waals surface area (Å²) < 4.78 is 43.0. The van der Waals surface area contributed by atoms with Gasteiger partial charge >= 0.3 is 6.18 Å². The number of rotatable bonds is 2. The summed E-state index contributed by atoms with van der Waals surface area (Å²) in [7, 11) is 0. The molecule has 0 spiro atoms. The van der Waals surface area contributed by atoms with Gasteiger partial charge in [-0.1, -0.05) is 23.4 Å². The van der Waals surface area contributed by atoms with E-state index >= 15 is 0 Å². The fourth-order valence-corrected chi connectivity index (χ4v) is 1.57. The molecule has 0 aliphatic carbocycles. The first kappa shape index (κ1) is 12.0. The van der Waals surface area contributed by atoms with Gasteiger partial charge in [0, 0.05) is 11.6 Å². The second-order valence-corrected chi connectivity index (χ2v) is 3.63. The van der Waals surface area contributed by atoms with Crippen molar-refractivity contribution < 1.29 is 17.7 Å². The number of hydrogen-bond acceptors (Lipinski definition) is 2. The Labute approximate surface area is 100.0 Å². The van der Waals surface area contributed by atoms with Crippen LogP contribution in [0.25, 0.3) is 11.3 Å². The maximum absolute atomic E-state index is 12.7. The molecule has 0 aliphatic rings. The molecule has 0 bridgehead atoms. The van der Waals surface area contributed by atoms with Crippen molar-refractivity contribution in [1.82, 2.24) is 5.16 Å². The summed E-state index contributed by atoms with van der Waals surface area (Å²) in [5.41, 5.74) is -0.389. The predicted molar refractivity (Wildman–Crippen MR) is 56.5 cm³/mol. The number of nitrogens with zero attached hydrogens (tertiary/aromatic N) is 1. The van der Waals surface area contributed by atoms with Crippen LogP contribution in [0.3, 0.4) is 0 Å². The zero-order valence-electron chi connectivity index (χ0n) is 8.46. The highest BCUT2D eigenvalue weighted by Crippen LogP contribution is 2.37. The molecule has 1 heterocycles. The van der Waals surface area contributed by atoms with Crippen LogP contribution in [0.4, 0.5) is 13.2 Å². The van der Waals surface area contributed by atoms with Crippen molar-refractivity contribution >= 4 is 11.6 Å². The van der Waals surface area contributed by atoms with Crippen LogP contribution in [0.5, 0.6) is 0 Å². The Hall–Kier alpha value is -1.49. The molecule has 90 valence electrons. The first-order valence-corrected chi connectivity index (χ1v) is 5.24. The van der Waals surface area contributed by atoms with E-state index in [0.717, 1.165) is 6.07 Å². The van der Waals surface area contributed by atoms with Gasteiger partial charge in [-0.15, -0.1) is 11.6 Å². The van der Waals surface area contributed by atoms with Crippen LogP contribution in [0, 0.1) is 0 Å². The summed E-state index contributed by atoms with van der Waals surface area (Å²) in [6, 6.07) is 6.57. The average molecular weight is 262 g/mol. The number of alkyl halides is 4. The molecule has 0 amide bonds. The van der Waals surface area contributed by atoms with E-state index in [0.29, 0.717) is 5.69 Å². The van der Waals surface area contributed by atoms with Gasteiger partial charge in [-0.25, -0.2) is 0 Å². The SMILES string of the molecule is FC(F)(F)c1ccccc1-c1cc(CCl)no1. The van der Waals surface area contributed by atoms with Crippen molar-refractivity contribution in [2.75, 3.05) is 0 Å². The highest BCUT2D eigenvalue weighted by molar-refractivity contribution is 6.16. The van der Waals surface area contributed by atoms with Gasteiger partial charge in [0.25, 0.3) is 0 Å². The molecule has 0 saturated carbocycles. The second-order valence-electron chi connectivity index (χ2n) is 3.36. The van der Waals surface area contributed by atoms with Gasteiger partial charge in [0.05, 0.1) is 17.1 Å². The van der Waals surface area contributed by atoms with Crippen molar-refractivity contribution in [3.05, 3.63) is 41.6 Å². The lowest BCUT2D eigenvalue weighted by Crippen LogP contribution is -2.06. The molecule has 0 saturated heterocycles. The molecule has 0 fully saturated rings. The van der Waals surface area contributed by atoms with E-state index in [9.17, 15) is 13.2 Å². The first-order chi connectivity index (χ1) is 8.02. The Balaban J connectivity index is 2.52. The minimum absolute atomic E-state index is 0.0381. The molecule has 0 unspecified atom stereocenters. The highest BCUT2D eigenvalue weighted by Gasteiger charge is 2.34. The molecule has 2 rings (SSSR count). The number of benzene rings is 1. The van der Waals surface area contributed by atoms with Gasteiger partial charge in [-0.3, -0.25) is 0 Å². The van der Waals surface area contributed by atoms with Crippen LogP contribution in [0.1, 0.15) is 11.3 Å². The van der Waals surface area contributed by atoms with E-state index in [-0.39, 0.29) is 17.2 Å². The van der Waals surface area contributed by atoms with Gasteiger partial charge in [0.1, 0.15) is 0 Å². The lowest BCUT2D eigenvalue weighted by atomic mass is 10.0. The van der Waals surface area contributed by atoms with Gasteiger partial charge in [0.2, 0.25) is 0 Å². The van der Waals surface area contributed by atoms with Gasteiger partial charge in [0.15, 0.2) is 5.76 Å². The lowest BCUT2D eigenvalue weighted by Gasteiger charge is -2.09. The van der Waals surface area contributed by atoms with E-state index in [2.05, 4.69) is 5.16 Å². The summed E-state index contributed by atoms with van der Waals surface area (Å²) in [4.78, 5) is 0. The summed E-state index contributed by atoms with van der Waals surface area (Å²) in [6.07, 6.45) is -4.43. The maximum atomic E-state index is 12.7. The lowest BCUT2D eigenvalue weighted by molar-refractivity contribution is -0.137. The van der Waals surface area contributed by atoms with E-state index in [1.807, 2.05) is 0 Å². The third kappa shape index (κ3) is 2.44.